The van der Waals surface area contributed by atoms with Crippen molar-refractivity contribution in [3.8, 4) is 0 Å². The van der Waals surface area contributed by atoms with Crippen molar-refractivity contribution in [1.29, 1.82) is 0 Å². The van der Waals surface area contributed by atoms with Crippen molar-refractivity contribution in [1.82, 2.24) is 15.0 Å². The molecular formula is C11H12ClN5O2S. The number of hydrogen-bond acceptors (Lipinski definition) is 7. The minimum Gasteiger partial charge on any atom is -0.355 e. The summed E-state index contributed by atoms with van der Waals surface area (Å²) in [7, 11) is 0. The summed E-state index contributed by atoms with van der Waals surface area (Å²) in [5.74, 6) is 0.120. The Morgan fingerprint density at radius 2 is 2.30 bits per heavy atom. The van der Waals surface area contributed by atoms with E-state index < -0.39 is 4.92 Å². The zero-order chi connectivity index (χ0) is 14.7. The van der Waals surface area contributed by atoms with Crippen molar-refractivity contribution in [2.24, 2.45) is 0 Å². The largest absolute Gasteiger partial charge is 0.355 e. The van der Waals surface area contributed by atoms with E-state index in [0.717, 1.165) is 5.01 Å². The minimum atomic E-state index is -0.511. The lowest BCUT2D eigenvalue weighted by Gasteiger charge is -2.15. The molecule has 20 heavy (non-hydrogen) atoms. The van der Waals surface area contributed by atoms with Gasteiger partial charge in [-0.15, -0.1) is 11.3 Å². The van der Waals surface area contributed by atoms with Gasteiger partial charge >= 0.3 is 5.69 Å². The fourth-order valence-corrected chi connectivity index (χ4v) is 2.75. The van der Waals surface area contributed by atoms with Gasteiger partial charge in [-0.05, 0) is 24.9 Å². The molecule has 0 aromatic carbocycles. The molecule has 2 heterocycles. The third-order valence-electron chi connectivity index (χ3n) is 2.68. The van der Waals surface area contributed by atoms with Gasteiger partial charge in [0.2, 0.25) is 11.1 Å². The molecule has 0 aliphatic rings. The van der Waals surface area contributed by atoms with Crippen LogP contribution in [0.15, 0.2) is 11.6 Å². The first-order chi connectivity index (χ1) is 9.52. The molecule has 1 unspecified atom stereocenters. The summed E-state index contributed by atoms with van der Waals surface area (Å²) >= 11 is 7.26. The van der Waals surface area contributed by atoms with Gasteiger partial charge in [-0.3, -0.25) is 10.1 Å². The Morgan fingerprint density at radius 1 is 1.55 bits per heavy atom. The fraction of sp³-hybridized carbons (Fsp3) is 0.364. The first-order valence-corrected chi connectivity index (χ1v) is 7.13. The minimum absolute atomic E-state index is 0.0235. The summed E-state index contributed by atoms with van der Waals surface area (Å²) < 4.78 is 0. The first kappa shape index (κ1) is 14.6. The Balaban J connectivity index is 2.39. The summed E-state index contributed by atoms with van der Waals surface area (Å²) in [4.78, 5) is 22.6. The Labute approximate surface area is 124 Å². The average molecular weight is 314 g/mol. The van der Waals surface area contributed by atoms with Crippen LogP contribution in [0.5, 0.6) is 0 Å². The van der Waals surface area contributed by atoms with Gasteiger partial charge < -0.3 is 5.32 Å². The van der Waals surface area contributed by atoms with Crippen LogP contribution in [0.2, 0.25) is 5.28 Å². The third kappa shape index (κ3) is 3.02. The van der Waals surface area contributed by atoms with Crippen LogP contribution in [0, 0.1) is 17.0 Å². The molecule has 2 rings (SSSR count). The molecule has 0 bridgehead atoms. The summed E-state index contributed by atoms with van der Waals surface area (Å²) in [5.41, 5.74) is 0.0656. The number of aryl methyl sites for hydroxylation is 1. The second kappa shape index (κ2) is 6.10. The summed E-state index contributed by atoms with van der Waals surface area (Å²) in [5, 5.41) is 16.8. The number of nitrogens with zero attached hydrogens (tertiary/aromatic N) is 4. The molecule has 2 aromatic rings. The molecule has 0 fully saturated rings. The quantitative estimate of drug-likeness (QED) is 0.516. The van der Waals surface area contributed by atoms with Gasteiger partial charge in [-0.1, -0.05) is 6.92 Å². The second-order valence-electron chi connectivity index (χ2n) is 4.01. The van der Waals surface area contributed by atoms with Crippen molar-refractivity contribution >= 4 is 34.4 Å². The van der Waals surface area contributed by atoms with Crippen LogP contribution in [0.1, 0.15) is 30.1 Å². The van der Waals surface area contributed by atoms with Crippen LogP contribution < -0.4 is 5.32 Å². The van der Waals surface area contributed by atoms with Crippen molar-refractivity contribution < 1.29 is 4.92 Å². The summed E-state index contributed by atoms with van der Waals surface area (Å²) in [6.45, 7) is 3.49. The van der Waals surface area contributed by atoms with E-state index in [9.17, 15) is 10.1 Å². The fourth-order valence-electron chi connectivity index (χ4n) is 1.76. The number of thiazole rings is 1. The molecule has 2 aromatic heterocycles. The van der Waals surface area contributed by atoms with Crippen molar-refractivity contribution in [2.45, 2.75) is 26.3 Å². The zero-order valence-electron chi connectivity index (χ0n) is 10.8. The molecule has 0 radical (unpaired) electrons. The highest BCUT2D eigenvalue weighted by Crippen LogP contribution is 2.31. The summed E-state index contributed by atoms with van der Waals surface area (Å²) in [6.07, 6.45) is 2.41. The monoisotopic (exact) mass is 313 g/mol. The second-order valence-corrected chi connectivity index (χ2v) is 5.27. The normalized spacial score (nSPS) is 12.2. The Hall–Kier alpha value is -1.80. The molecule has 0 aliphatic heterocycles. The van der Waals surface area contributed by atoms with E-state index in [0.29, 0.717) is 6.42 Å². The first-order valence-electron chi connectivity index (χ1n) is 5.87. The van der Waals surface area contributed by atoms with Crippen molar-refractivity contribution in [3.05, 3.63) is 37.7 Å². The number of nitrogens with one attached hydrogen (secondary N) is 1. The molecule has 7 nitrogen and oxygen atoms in total. The van der Waals surface area contributed by atoms with Crippen LogP contribution >= 0.6 is 22.9 Å². The highest BCUT2D eigenvalue weighted by atomic mass is 35.5. The Morgan fingerprint density at radius 3 is 2.85 bits per heavy atom. The highest BCUT2D eigenvalue weighted by molar-refractivity contribution is 7.09. The number of anilines is 1. The highest BCUT2D eigenvalue weighted by Gasteiger charge is 2.24. The van der Waals surface area contributed by atoms with Crippen LogP contribution in [0.4, 0.5) is 11.5 Å². The van der Waals surface area contributed by atoms with Gasteiger partial charge in [0.25, 0.3) is 0 Å². The molecular weight excluding hydrogens is 302 g/mol. The van der Waals surface area contributed by atoms with Crippen LogP contribution in [-0.4, -0.2) is 19.9 Å². The number of hydrogen-bond donors (Lipinski definition) is 1. The van der Waals surface area contributed by atoms with Gasteiger partial charge in [-0.2, -0.15) is 4.98 Å². The number of rotatable bonds is 5. The summed E-state index contributed by atoms with van der Waals surface area (Å²) in [6, 6.07) is -0.154. The smallest absolute Gasteiger partial charge is 0.332 e. The molecule has 0 aliphatic carbocycles. The van der Waals surface area contributed by atoms with E-state index >= 15 is 0 Å². The van der Waals surface area contributed by atoms with E-state index in [1.54, 1.807) is 6.20 Å². The Bertz CT molecular complexity index is 620. The van der Waals surface area contributed by atoms with E-state index in [1.807, 2.05) is 12.3 Å². The molecule has 1 N–H and O–H groups in total. The predicted molar refractivity (Wildman–Crippen MR) is 77.2 cm³/mol. The SMILES string of the molecule is CCC(Nc1nc(Cl)nc(C)c1[N+](=O)[O-])c1nccs1. The van der Waals surface area contributed by atoms with Gasteiger partial charge in [0, 0.05) is 11.6 Å². The van der Waals surface area contributed by atoms with Gasteiger partial charge in [0.05, 0.1) is 11.0 Å². The molecule has 9 heteroatoms. The van der Waals surface area contributed by atoms with Crippen molar-refractivity contribution in [3.63, 3.8) is 0 Å². The number of aromatic nitrogens is 3. The molecule has 0 saturated heterocycles. The van der Waals surface area contributed by atoms with E-state index in [-0.39, 0.29) is 28.5 Å². The van der Waals surface area contributed by atoms with Gasteiger partial charge in [0.1, 0.15) is 10.7 Å². The lowest BCUT2D eigenvalue weighted by atomic mass is 10.2. The third-order valence-corrected chi connectivity index (χ3v) is 3.74. The van der Waals surface area contributed by atoms with E-state index in [4.69, 9.17) is 11.6 Å². The van der Waals surface area contributed by atoms with E-state index in [1.165, 1.54) is 18.3 Å². The zero-order valence-corrected chi connectivity index (χ0v) is 12.4. The lowest BCUT2D eigenvalue weighted by molar-refractivity contribution is -0.385. The molecule has 0 amide bonds. The van der Waals surface area contributed by atoms with Crippen LogP contribution in [0.3, 0.4) is 0 Å². The average Bonchev–Trinajstić information content (AvgIpc) is 2.88. The van der Waals surface area contributed by atoms with Crippen molar-refractivity contribution in [2.75, 3.05) is 5.32 Å². The molecule has 0 spiro atoms. The van der Waals surface area contributed by atoms with E-state index in [2.05, 4.69) is 20.3 Å². The molecule has 1 atom stereocenters. The Kier molecular flexibility index (Phi) is 4.46. The van der Waals surface area contributed by atoms with Gasteiger partial charge in [-0.25, -0.2) is 9.97 Å². The lowest BCUT2D eigenvalue weighted by Crippen LogP contribution is -2.13. The molecule has 106 valence electrons. The maximum atomic E-state index is 11.1. The topological polar surface area (TPSA) is 93.8 Å². The maximum Gasteiger partial charge on any atom is 0.332 e. The van der Waals surface area contributed by atoms with Crippen LogP contribution in [0.25, 0.3) is 0 Å². The standard InChI is InChI=1S/C11H12ClN5O2S/c1-3-7(10-13-4-5-20-10)15-9-8(17(18)19)6(2)14-11(12)16-9/h4-5,7H,3H2,1-2H3,(H,14,15,16). The van der Waals surface area contributed by atoms with Crippen LogP contribution in [-0.2, 0) is 0 Å². The van der Waals surface area contributed by atoms with Gasteiger partial charge in [0.15, 0.2) is 0 Å². The molecule has 0 saturated carbocycles. The number of nitro groups is 1. The predicted octanol–water partition coefficient (Wildman–Crippen LogP) is 3.37. The maximum absolute atomic E-state index is 11.1. The number of halogens is 1.